The molecule has 92 heavy (non-hydrogen) atoms. The summed E-state index contributed by atoms with van der Waals surface area (Å²) in [6, 6.07) is 10.1. The summed E-state index contributed by atoms with van der Waals surface area (Å²) in [6.07, 6.45) is 8.31. The van der Waals surface area contributed by atoms with Gasteiger partial charge in [0.2, 0.25) is 35.3 Å². The Bertz CT molecular complexity index is 3270. The van der Waals surface area contributed by atoms with Gasteiger partial charge in [0.25, 0.3) is 23.6 Å². The van der Waals surface area contributed by atoms with Gasteiger partial charge >= 0.3 is 0 Å². The first-order chi connectivity index (χ1) is 44.6. The third kappa shape index (κ3) is 27.3. The van der Waals surface area contributed by atoms with Gasteiger partial charge in [-0.1, -0.05) is 0 Å². The van der Waals surface area contributed by atoms with Crippen LogP contribution in [0.2, 0.25) is 0 Å². The number of carbonyl (C=O) groups excluding carboxylic acids is 8. The third-order valence-electron chi connectivity index (χ3n) is 12.5. The molecule has 5 heterocycles. The van der Waals surface area contributed by atoms with Crippen molar-refractivity contribution < 1.29 is 81.0 Å². The Morgan fingerprint density at radius 1 is 0.446 bits per heavy atom. The SMILES string of the molecule is Cn1cc(NC(=O)CCNC(=O)c2cc(NC(=O)c3nc(NC(=O)CCC(=O)Nc4cc(NC(=O)c5nccn5C)c[nH]4)cn3C)c[nH]2)nc1C(=O)NCCC(=O)NCCOCCOCCOCCOCCOCCOCCOCCOCCOc1ccc(N)cc1. The molecule has 0 radical (unpaired) electrons. The lowest BCUT2D eigenvalue weighted by molar-refractivity contribution is -0.121. The molecule has 500 valence electrons. The van der Waals surface area contributed by atoms with Crippen LogP contribution >= 0.6 is 0 Å². The maximum atomic E-state index is 13.1. The van der Waals surface area contributed by atoms with E-state index in [2.05, 4.69) is 67.5 Å². The van der Waals surface area contributed by atoms with Gasteiger partial charge < -0.3 is 115 Å². The number of hydrogen-bond acceptors (Lipinski definition) is 21. The third-order valence-corrected chi connectivity index (χ3v) is 12.5. The Kier molecular flexibility index (Phi) is 31.3. The van der Waals surface area contributed by atoms with Gasteiger partial charge in [0, 0.05) is 115 Å². The first-order valence-electron chi connectivity index (χ1n) is 29.5. The van der Waals surface area contributed by atoms with Gasteiger partial charge in [0.15, 0.2) is 17.5 Å². The second-order valence-electron chi connectivity index (χ2n) is 19.8. The van der Waals surface area contributed by atoms with E-state index >= 15 is 0 Å². The minimum absolute atomic E-state index is 0.00282. The first-order valence-corrected chi connectivity index (χ1v) is 29.5. The van der Waals surface area contributed by atoms with Crippen LogP contribution in [-0.4, -0.2) is 218 Å². The number of aromatic nitrogens is 8. The minimum atomic E-state index is -0.656. The summed E-state index contributed by atoms with van der Waals surface area (Å²) in [5.41, 5.74) is 7.05. The number of nitrogens with zero attached hydrogens (tertiary/aromatic N) is 6. The molecule has 6 aromatic rings. The van der Waals surface area contributed by atoms with E-state index in [0.29, 0.717) is 123 Å². The van der Waals surface area contributed by atoms with Crippen LogP contribution in [0.25, 0.3) is 0 Å². The van der Waals surface area contributed by atoms with Crippen molar-refractivity contribution in [3.05, 3.63) is 96.7 Å². The van der Waals surface area contributed by atoms with Crippen molar-refractivity contribution in [1.29, 1.82) is 0 Å². The quantitative estimate of drug-likeness (QED) is 0.0189. The second-order valence-corrected chi connectivity index (χ2v) is 19.8. The van der Waals surface area contributed by atoms with Gasteiger partial charge in [-0.2, -0.15) is 0 Å². The summed E-state index contributed by atoms with van der Waals surface area (Å²) < 4.78 is 53.9. The number of nitrogen functional groups attached to an aromatic ring is 1. The van der Waals surface area contributed by atoms with Crippen LogP contribution in [0.5, 0.6) is 5.75 Å². The summed E-state index contributed by atoms with van der Waals surface area (Å²) in [7, 11) is 4.79. The molecule has 0 aliphatic heterocycles. The number of aromatic amines is 2. The number of nitrogens with one attached hydrogen (secondary N) is 10. The predicted molar refractivity (Wildman–Crippen MR) is 332 cm³/mol. The number of anilines is 6. The van der Waals surface area contributed by atoms with Crippen LogP contribution in [0.3, 0.4) is 0 Å². The highest BCUT2D eigenvalue weighted by Gasteiger charge is 2.20. The van der Waals surface area contributed by atoms with Gasteiger partial charge in [0.05, 0.1) is 117 Å². The Hall–Kier alpha value is -9.55. The standard InChI is InChI=1S/C58H81N17O17/c1-73-16-14-61-52(73)57(82)67-42-35-45(65-37-42)68-49(77)8-9-50(78)69-46-39-75(3)54(72-46)58(83)66-41-34-44(64-36-41)55(80)62-13-11-51(79)70-47-38-74(2)53(71-47)56(81)63-12-10-48(76)60-15-17-84-18-19-85-20-21-86-22-23-87-24-25-88-26-27-89-28-29-90-30-31-91-32-33-92-43-6-4-40(59)5-7-43/h4-7,14,16,34-39,64-65H,8-13,15,17-33,59H2,1-3H3,(H,60,76)(H,62,80)(H,63,81)(H,66,83)(H,67,82)(H,68,77)(H,69,78)(H,70,79). The van der Waals surface area contributed by atoms with E-state index in [1.807, 2.05) is 12.1 Å². The van der Waals surface area contributed by atoms with Crippen molar-refractivity contribution in [2.75, 3.05) is 164 Å². The van der Waals surface area contributed by atoms with Crippen molar-refractivity contribution in [1.82, 2.24) is 54.6 Å². The van der Waals surface area contributed by atoms with Gasteiger partial charge in [-0.25, -0.2) is 15.0 Å². The van der Waals surface area contributed by atoms with Crippen LogP contribution in [-0.2, 0) is 78.2 Å². The van der Waals surface area contributed by atoms with Crippen LogP contribution in [0.15, 0.2) is 73.6 Å². The van der Waals surface area contributed by atoms with E-state index in [1.54, 1.807) is 44.0 Å². The van der Waals surface area contributed by atoms with Crippen molar-refractivity contribution >= 4 is 81.8 Å². The zero-order valence-corrected chi connectivity index (χ0v) is 51.6. The molecule has 0 bridgehead atoms. The van der Waals surface area contributed by atoms with E-state index in [4.69, 9.17) is 48.4 Å². The maximum absolute atomic E-state index is 13.1. The highest BCUT2D eigenvalue weighted by Crippen LogP contribution is 2.18. The molecule has 0 spiro atoms. The molecule has 1 aromatic carbocycles. The number of nitrogens with two attached hydrogens (primary N) is 1. The number of H-pyrrole nitrogens is 2. The van der Waals surface area contributed by atoms with E-state index in [1.165, 1.54) is 52.3 Å². The molecule has 5 aromatic heterocycles. The van der Waals surface area contributed by atoms with Crippen LogP contribution < -0.4 is 53.0 Å². The van der Waals surface area contributed by atoms with E-state index in [9.17, 15) is 38.4 Å². The molecule has 34 nitrogen and oxygen atoms in total. The number of carbonyl (C=O) groups is 8. The maximum Gasteiger partial charge on any atom is 0.291 e. The molecule has 0 saturated heterocycles. The topological polar surface area (TPSA) is 427 Å². The highest BCUT2D eigenvalue weighted by atomic mass is 16.6. The average molecular weight is 1290 g/mol. The largest absolute Gasteiger partial charge is 0.491 e. The first kappa shape index (κ1) is 71.5. The Morgan fingerprint density at radius 3 is 1.42 bits per heavy atom. The molecule has 0 saturated carbocycles. The zero-order chi connectivity index (χ0) is 65.7. The predicted octanol–water partition coefficient (Wildman–Crippen LogP) is 1.19. The van der Waals surface area contributed by atoms with Crippen molar-refractivity contribution in [2.45, 2.75) is 25.7 Å². The zero-order valence-electron chi connectivity index (χ0n) is 51.6. The number of rotatable bonds is 46. The van der Waals surface area contributed by atoms with E-state index in [0.717, 1.165) is 5.75 Å². The molecule has 0 aliphatic carbocycles. The number of aryl methyl sites for hydroxylation is 3. The van der Waals surface area contributed by atoms with Crippen LogP contribution in [0.1, 0.15) is 68.0 Å². The molecule has 12 N–H and O–H groups in total. The van der Waals surface area contributed by atoms with E-state index < -0.39 is 41.4 Å². The molecule has 0 atom stereocenters. The lowest BCUT2D eigenvalue weighted by atomic mass is 10.3. The fourth-order valence-corrected chi connectivity index (χ4v) is 7.95. The lowest BCUT2D eigenvalue weighted by Crippen LogP contribution is -2.33. The molecule has 6 rings (SSSR count). The molecular weight excluding hydrogens is 1210 g/mol. The summed E-state index contributed by atoms with van der Waals surface area (Å²) in [5, 5.41) is 21.0. The van der Waals surface area contributed by atoms with Gasteiger partial charge in [-0.3, -0.25) is 38.4 Å². The van der Waals surface area contributed by atoms with E-state index in [-0.39, 0.29) is 98.3 Å². The van der Waals surface area contributed by atoms with Crippen LogP contribution in [0, 0.1) is 0 Å². The van der Waals surface area contributed by atoms with Crippen molar-refractivity contribution in [3.63, 3.8) is 0 Å². The van der Waals surface area contributed by atoms with Crippen molar-refractivity contribution in [3.8, 4) is 5.75 Å². The van der Waals surface area contributed by atoms with Crippen molar-refractivity contribution in [2.24, 2.45) is 21.1 Å². The Balaban J connectivity index is 0.697. The monoisotopic (exact) mass is 1290 g/mol. The average Bonchev–Trinajstić information content (AvgIpc) is 1.81. The molecule has 0 fully saturated rings. The normalized spacial score (nSPS) is 11.0. The van der Waals surface area contributed by atoms with Gasteiger partial charge in [-0.15, -0.1) is 0 Å². The smallest absolute Gasteiger partial charge is 0.291 e. The number of benzene rings is 1. The van der Waals surface area contributed by atoms with Gasteiger partial charge in [-0.05, 0) is 30.3 Å². The highest BCUT2D eigenvalue weighted by molar-refractivity contribution is 6.04. The number of imidazole rings is 3. The number of hydrogen-bond donors (Lipinski definition) is 11. The molecule has 0 unspecified atom stereocenters. The summed E-state index contributed by atoms with van der Waals surface area (Å²) in [6.45, 7) is 7.35. The second kappa shape index (κ2) is 40.2. The Labute approximate surface area is 529 Å². The summed E-state index contributed by atoms with van der Waals surface area (Å²) >= 11 is 0. The molecule has 0 aliphatic rings. The fourth-order valence-electron chi connectivity index (χ4n) is 7.95. The summed E-state index contributed by atoms with van der Waals surface area (Å²) in [4.78, 5) is 119. The molecule has 8 amide bonds. The number of amides is 8. The molecular formula is C58H81N17O17. The minimum Gasteiger partial charge on any atom is -0.491 e. The van der Waals surface area contributed by atoms with Gasteiger partial charge in [0.1, 0.15) is 23.9 Å². The lowest BCUT2D eigenvalue weighted by Gasteiger charge is -2.09. The molecule has 34 heteroatoms. The fraction of sp³-hybridized carbons (Fsp3) is 0.466. The summed E-state index contributed by atoms with van der Waals surface area (Å²) in [5.74, 6) is -2.71. The Morgan fingerprint density at radius 2 is 0.891 bits per heavy atom. The van der Waals surface area contributed by atoms with Crippen LogP contribution in [0.4, 0.5) is 34.5 Å². The number of ether oxygens (including phenoxy) is 9.